The summed E-state index contributed by atoms with van der Waals surface area (Å²) in [7, 11) is 7.64. The molecule has 1 aromatic carbocycles. The van der Waals surface area contributed by atoms with Crippen LogP contribution in [0, 0.1) is 0 Å². The fraction of sp³-hybridized carbons (Fsp3) is 0.429. The van der Waals surface area contributed by atoms with Gasteiger partial charge in [0.2, 0.25) is 5.91 Å². The summed E-state index contributed by atoms with van der Waals surface area (Å²) in [5.74, 6) is 0.683. The van der Waals surface area contributed by atoms with Gasteiger partial charge in [0, 0.05) is 50.3 Å². The monoisotopic (exact) mass is 330 g/mol. The first kappa shape index (κ1) is 17.6. The first-order valence-electron chi connectivity index (χ1n) is 6.44. The van der Waals surface area contributed by atoms with Crippen LogP contribution in [0.15, 0.2) is 23.2 Å². The molecule has 0 saturated carbocycles. The first-order chi connectivity index (χ1) is 9.79. The molecule has 0 bridgehead atoms. The predicted octanol–water partition coefficient (Wildman–Crippen LogP) is 2.80. The average molecular weight is 331 g/mol. The van der Waals surface area contributed by atoms with Crippen LogP contribution in [0.2, 0.25) is 10.0 Å². The minimum absolute atomic E-state index is 0.131. The van der Waals surface area contributed by atoms with E-state index in [1.165, 1.54) is 0 Å². The molecule has 0 spiro atoms. The zero-order chi connectivity index (χ0) is 16.0. The molecule has 116 valence electrons. The molecule has 1 aromatic rings. The molecule has 0 heterocycles. The third-order valence-corrected chi connectivity index (χ3v) is 2.97. The van der Waals surface area contributed by atoms with Gasteiger partial charge in [-0.3, -0.25) is 9.79 Å². The van der Waals surface area contributed by atoms with Crippen LogP contribution in [0.1, 0.15) is 6.42 Å². The van der Waals surface area contributed by atoms with Crippen LogP contribution in [0.5, 0.6) is 0 Å². The van der Waals surface area contributed by atoms with Gasteiger partial charge in [0.05, 0.1) is 6.54 Å². The molecule has 0 fully saturated rings. The summed E-state index contributed by atoms with van der Waals surface area (Å²) >= 11 is 11.8. The van der Waals surface area contributed by atoms with Crippen molar-refractivity contribution in [3.05, 3.63) is 28.2 Å². The van der Waals surface area contributed by atoms with Crippen molar-refractivity contribution >= 4 is 40.8 Å². The molecule has 0 radical (unpaired) electrons. The van der Waals surface area contributed by atoms with Gasteiger partial charge < -0.3 is 15.1 Å². The quantitative estimate of drug-likeness (QED) is 0.682. The first-order valence-corrected chi connectivity index (χ1v) is 7.20. The van der Waals surface area contributed by atoms with Gasteiger partial charge in [-0.2, -0.15) is 0 Å². The van der Waals surface area contributed by atoms with Crippen molar-refractivity contribution in [2.45, 2.75) is 6.42 Å². The maximum atomic E-state index is 11.9. The van der Waals surface area contributed by atoms with Crippen molar-refractivity contribution in [3.8, 4) is 0 Å². The molecule has 1 N–H and O–H groups in total. The highest BCUT2D eigenvalue weighted by Gasteiger charge is 2.06. The van der Waals surface area contributed by atoms with E-state index in [1.807, 2.05) is 38.0 Å². The second-order valence-electron chi connectivity index (χ2n) is 4.93. The lowest BCUT2D eigenvalue weighted by atomic mass is 10.3. The van der Waals surface area contributed by atoms with Crippen molar-refractivity contribution < 1.29 is 4.79 Å². The maximum absolute atomic E-state index is 11.9. The Morgan fingerprint density at radius 3 is 2.10 bits per heavy atom. The fourth-order valence-electron chi connectivity index (χ4n) is 1.79. The van der Waals surface area contributed by atoms with Crippen molar-refractivity contribution in [3.63, 3.8) is 0 Å². The number of aliphatic imine (C=N–C) groups is 1. The molecule has 0 aliphatic carbocycles. The lowest BCUT2D eigenvalue weighted by Gasteiger charge is -2.22. The number of halogens is 2. The lowest BCUT2D eigenvalue weighted by molar-refractivity contribution is -0.116. The van der Waals surface area contributed by atoms with E-state index in [-0.39, 0.29) is 12.3 Å². The van der Waals surface area contributed by atoms with Crippen molar-refractivity contribution in [1.82, 2.24) is 9.80 Å². The molecule has 7 heteroatoms. The van der Waals surface area contributed by atoms with E-state index < -0.39 is 0 Å². The summed E-state index contributed by atoms with van der Waals surface area (Å²) in [5.41, 5.74) is 0.585. The number of nitrogens with one attached hydrogen (secondary N) is 1. The van der Waals surface area contributed by atoms with E-state index in [4.69, 9.17) is 23.2 Å². The van der Waals surface area contributed by atoms with Crippen LogP contribution in [-0.4, -0.2) is 56.4 Å². The van der Waals surface area contributed by atoms with Gasteiger partial charge in [0.15, 0.2) is 5.96 Å². The lowest BCUT2D eigenvalue weighted by Crippen LogP contribution is -2.35. The van der Waals surface area contributed by atoms with Crippen LogP contribution in [0.4, 0.5) is 5.69 Å². The van der Waals surface area contributed by atoms with Gasteiger partial charge >= 0.3 is 0 Å². The number of carbonyl (C=O) groups is 1. The number of anilines is 1. The third kappa shape index (κ3) is 6.23. The van der Waals surface area contributed by atoms with Crippen LogP contribution >= 0.6 is 23.2 Å². The van der Waals surface area contributed by atoms with Crippen molar-refractivity contribution in [1.29, 1.82) is 0 Å². The molecular formula is C14H20Cl2N4O. The van der Waals surface area contributed by atoms with E-state index in [9.17, 15) is 4.79 Å². The van der Waals surface area contributed by atoms with E-state index >= 15 is 0 Å². The number of hydrogen-bond acceptors (Lipinski definition) is 2. The summed E-state index contributed by atoms with van der Waals surface area (Å²) in [5, 5.41) is 3.72. The van der Waals surface area contributed by atoms with E-state index in [1.54, 1.807) is 18.2 Å². The third-order valence-electron chi connectivity index (χ3n) is 2.54. The van der Waals surface area contributed by atoms with Gasteiger partial charge in [-0.25, -0.2) is 0 Å². The maximum Gasteiger partial charge on any atom is 0.226 e. The van der Waals surface area contributed by atoms with Gasteiger partial charge in [-0.15, -0.1) is 0 Å². The molecular weight excluding hydrogens is 311 g/mol. The Bertz CT molecular complexity index is 499. The fourth-order valence-corrected chi connectivity index (χ4v) is 2.32. The summed E-state index contributed by atoms with van der Waals surface area (Å²) in [4.78, 5) is 20.1. The summed E-state index contributed by atoms with van der Waals surface area (Å²) in [6.07, 6.45) is 0.287. The Morgan fingerprint density at radius 2 is 1.62 bits per heavy atom. The normalized spacial score (nSPS) is 10.0. The minimum Gasteiger partial charge on any atom is -0.349 e. The Morgan fingerprint density at radius 1 is 1.10 bits per heavy atom. The number of benzene rings is 1. The van der Waals surface area contributed by atoms with Crippen LogP contribution in [-0.2, 0) is 4.79 Å². The summed E-state index contributed by atoms with van der Waals surface area (Å²) < 4.78 is 0. The molecule has 1 amide bonds. The number of guanidine groups is 1. The number of hydrogen-bond donors (Lipinski definition) is 1. The highest BCUT2D eigenvalue weighted by Crippen LogP contribution is 2.22. The standard InChI is InChI=1S/C14H20Cl2N4O/c1-19(2)14(20(3)4)17-6-5-13(21)18-12-8-10(15)7-11(16)9-12/h7-9H,5-6H2,1-4H3,(H,18,21). The molecule has 0 saturated heterocycles. The molecule has 5 nitrogen and oxygen atoms in total. The highest BCUT2D eigenvalue weighted by molar-refractivity contribution is 6.35. The molecule has 0 aliphatic rings. The SMILES string of the molecule is CN(C)C(=NCCC(=O)Nc1cc(Cl)cc(Cl)c1)N(C)C. The Labute approximate surface area is 135 Å². The zero-order valence-electron chi connectivity index (χ0n) is 12.7. The molecule has 0 aromatic heterocycles. The molecule has 1 rings (SSSR count). The number of nitrogens with zero attached hydrogens (tertiary/aromatic N) is 3. The average Bonchev–Trinajstić information content (AvgIpc) is 2.32. The second-order valence-corrected chi connectivity index (χ2v) is 5.80. The molecule has 0 unspecified atom stereocenters. The largest absolute Gasteiger partial charge is 0.349 e. The molecule has 21 heavy (non-hydrogen) atoms. The Hall–Kier alpha value is -1.46. The van der Waals surface area contributed by atoms with Gasteiger partial charge in [0.1, 0.15) is 0 Å². The zero-order valence-corrected chi connectivity index (χ0v) is 14.2. The molecule has 0 aliphatic heterocycles. The number of amides is 1. The van der Waals surface area contributed by atoms with Crippen LogP contribution in [0.3, 0.4) is 0 Å². The topological polar surface area (TPSA) is 47.9 Å². The van der Waals surface area contributed by atoms with Gasteiger partial charge in [-0.05, 0) is 18.2 Å². The predicted molar refractivity (Wildman–Crippen MR) is 89.4 cm³/mol. The minimum atomic E-state index is -0.131. The van der Waals surface area contributed by atoms with Crippen molar-refractivity contribution in [2.24, 2.45) is 4.99 Å². The van der Waals surface area contributed by atoms with Gasteiger partial charge in [-0.1, -0.05) is 23.2 Å². The van der Waals surface area contributed by atoms with Crippen molar-refractivity contribution in [2.75, 3.05) is 40.1 Å². The number of rotatable bonds is 4. The second kappa shape index (κ2) is 8.10. The van der Waals surface area contributed by atoms with Gasteiger partial charge in [0.25, 0.3) is 0 Å². The summed E-state index contributed by atoms with van der Waals surface area (Å²) in [6.45, 7) is 0.409. The Balaban J connectivity index is 2.56. The molecule has 0 atom stereocenters. The number of carbonyl (C=O) groups excluding carboxylic acids is 1. The van der Waals surface area contributed by atoms with Crippen LogP contribution in [0.25, 0.3) is 0 Å². The van der Waals surface area contributed by atoms with E-state index in [2.05, 4.69) is 10.3 Å². The smallest absolute Gasteiger partial charge is 0.226 e. The van der Waals surface area contributed by atoms with Crippen LogP contribution < -0.4 is 5.32 Å². The van der Waals surface area contributed by atoms with E-state index in [0.717, 1.165) is 5.96 Å². The summed E-state index contributed by atoms with van der Waals surface area (Å²) in [6, 6.07) is 4.92. The Kier molecular flexibility index (Phi) is 6.78. The van der Waals surface area contributed by atoms with E-state index in [0.29, 0.717) is 22.3 Å². The highest BCUT2D eigenvalue weighted by atomic mass is 35.5.